The van der Waals surface area contributed by atoms with Crippen LogP contribution in [0.2, 0.25) is 0 Å². The maximum Gasteiger partial charge on any atom is 0.407 e. The fraction of sp³-hybridized carbons (Fsp3) is 0.933. The first-order chi connectivity index (χ1) is 8.92. The molecule has 19 heavy (non-hydrogen) atoms. The zero-order chi connectivity index (χ0) is 13.9. The third kappa shape index (κ3) is 5.01. The van der Waals surface area contributed by atoms with Gasteiger partial charge < -0.3 is 15.4 Å². The van der Waals surface area contributed by atoms with Crippen LogP contribution in [0.5, 0.6) is 0 Å². The molecule has 2 saturated carbocycles. The summed E-state index contributed by atoms with van der Waals surface area (Å²) in [4.78, 5) is 11.7. The number of rotatable bonds is 3. The predicted octanol–water partition coefficient (Wildman–Crippen LogP) is 2.96. The van der Waals surface area contributed by atoms with Gasteiger partial charge in [0.1, 0.15) is 5.60 Å². The summed E-state index contributed by atoms with van der Waals surface area (Å²) in [6.45, 7) is 5.68. The van der Waals surface area contributed by atoms with Crippen LogP contribution in [0.4, 0.5) is 4.79 Å². The molecule has 0 aromatic carbocycles. The molecule has 2 N–H and O–H groups in total. The summed E-state index contributed by atoms with van der Waals surface area (Å²) in [7, 11) is 0. The Hall–Kier alpha value is -0.770. The highest BCUT2D eigenvalue weighted by Gasteiger charge is 2.29. The van der Waals surface area contributed by atoms with Crippen LogP contribution >= 0.6 is 0 Å². The first-order valence-corrected chi connectivity index (χ1v) is 7.68. The zero-order valence-electron chi connectivity index (χ0n) is 12.5. The van der Waals surface area contributed by atoms with Crippen molar-refractivity contribution in [3.63, 3.8) is 0 Å². The van der Waals surface area contributed by atoms with Gasteiger partial charge in [-0.15, -0.1) is 0 Å². The molecule has 2 unspecified atom stereocenters. The smallest absolute Gasteiger partial charge is 0.407 e. The SMILES string of the molecule is CC(C)(C)OC(=O)NC1CCC(NC2CCCC2)C1. The Morgan fingerprint density at radius 3 is 2.26 bits per heavy atom. The van der Waals surface area contributed by atoms with E-state index < -0.39 is 5.60 Å². The monoisotopic (exact) mass is 268 g/mol. The summed E-state index contributed by atoms with van der Waals surface area (Å²) in [5.74, 6) is 0. The summed E-state index contributed by atoms with van der Waals surface area (Å²) >= 11 is 0. The van der Waals surface area contributed by atoms with Crippen molar-refractivity contribution in [3.8, 4) is 0 Å². The van der Waals surface area contributed by atoms with Gasteiger partial charge in [-0.05, 0) is 52.9 Å². The normalized spacial score (nSPS) is 28.6. The molecule has 4 nitrogen and oxygen atoms in total. The molecular weight excluding hydrogens is 240 g/mol. The van der Waals surface area contributed by atoms with Crippen LogP contribution in [-0.2, 0) is 4.74 Å². The second kappa shape index (κ2) is 6.12. The highest BCUT2D eigenvalue weighted by Crippen LogP contribution is 2.24. The molecule has 0 radical (unpaired) electrons. The number of alkyl carbamates (subject to hydrolysis) is 1. The molecule has 2 atom stereocenters. The van der Waals surface area contributed by atoms with Crippen molar-refractivity contribution in [2.75, 3.05) is 0 Å². The van der Waals surface area contributed by atoms with Crippen molar-refractivity contribution >= 4 is 6.09 Å². The van der Waals surface area contributed by atoms with Crippen molar-refractivity contribution in [2.24, 2.45) is 0 Å². The molecular formula is C15H28N2O2. The number of carbonyl (C=O) groups is 1. The van der Waals surface area contributed by atoms with E-state index in [2.05, 4.69) is 10.6 Å². The van der Waals surface area contributed by atoms with Crippen LogP contribution in [0, 0.1) is 0 Å². The summed E-state index contributed by atoms with van der Waals surface area (Å²) in [5, 5.41) is 6.73. The van der Waals surface area contributed by atoms with Crippen molar-refractivity contribution in [2.45, 2.75) is 89.4 Å². The highest BCUT2D eigenvalue weighted by atomic mass is 16.6. The first-order valence-electron chi connectivity index (χ1n) is 7.68. The van der Waals surface area contributed by atoms with E-state index in [0.29, 0.717) is 12.1 Å². The zero-order valence-corrected chi connectivity index (χ0v) is 12.5. The molecule has 0 heterocycles. The molecule has 0 bridgehead atoms. The van der Waals surface area contributed by atoms with E-state index in [-0.39, 0.29) is 12.1 Å². The van der Waals surface area contributed by atoms with Gasteiger partial charge in [-0.25, -0.2) is 4.79 Å². The fourth-order valence-electron chi connectivity index (χ4n) is 3.16. The van der Waals surface area contributed by atoms with Crippen LogP contribution in [0.3, 0.4) is 0 Å². The number of hydrogen-bond donors (Lipinski definition) is 2. The fourth-order valence-corrected chi connectivity index (χ4v) is 3.16. The Kier molecular flexibility index (Phi) is 4.71. The molecule has 2 rings (SSSR count). The highest BCUT2D eigenvalue weighted by molar-refractivity contribution is 5.68. The molecule has 0 spiro atoms. The summed E-state index contributed by atoms with van der Waals surface area (Å²) in [6, 6.07) is 1.56. The van der Waals surface area contributed by atoms with Gasteiger partial charge in [-0.3, -0.25) is 0 Å². The van der Waals surface area contributed by atoms with Crippen LogP contribution in [0.15, 0.2) is 0 Å². The summed E-state index contributed by atoms with van der Waals surface area (Å²) in [5.41, 5.74) is -0.413. The van der Waals surface area contributed by atoms with E-state index in [0.717, 1.165) is 19.3 Å². The van der Waals surface area contributed by atoms with Crippen LogP contribution in [-0.4, -0.2) is 29.8 Å². The third-order valence-electron chi connectivity index (χ3n) is 3.98. The van der Waals surface area contributed by atoms with E-state index in [9.17, 15) is 4.79 Å². The van der Waals surface area contributed by atoms with Crippen molar-refractivity contribution in [1.82, 2.24) is 10.6 Å². The largest absolute Gasteiger partial charge is 0.444 e. The molecule has 1 amide bonds. The molecule has 0 aromatic heterocycles. The van der Waals surface area contributed by atoms with E-state index in [1.54, 1.807) is 0 Å². The minimum absolute atomic E-state index is 0.272. The molecule has 110 valence electrons. The van der Waals surface area contributed by atoms with Gasteiger partial charge in [0.15, 0.2) is 0 Å². The van der Waals surface area contributed by atoms with Crippen LogP contribution in [0.1, 0.15) is 65.7 Å². The van der Waals surface area contributed by atoms with Gasteiger partial charge in [0.05, 0.1) is 0 Å². The quantitative estimate of drug-likeness (QED) is 0.827. The second-order valence-electron chi connectivity index (χ2n) is 7.00. The second-order valence-corrected chi connectivity index (χ2v) is 7.00. The van der Waals surface area contributed by atoms with Gasteiger partial charge in [0, 0.05) is 18.1 Å². The van der Waals surface area contributed by atoms with Crippen LogP contribution < -0.4 is 10.6 Å². The van der Waals surface area contributed by atoms with Crippen molar-refractivity contribution in [1.29, 1.82) is 0 Å². The van der Waals surface area contributed by atoms with Gasteiger partial charge in [0.2, 0.25) is 0 Å². The minimum atomic E-state index is -0.413. The Labute approximate surface area is 116 Å². The topological polar surface area (TPSA) is 50.4 Å². The molecule has 0 saturated heterocycles. The lowest BCUT2D eigenvalue weighted by molar-refractivity contribution is 0.0505. The molecule has 2 fully saturated rings. The number of amides is 1. The van der Waals surface area contributed by atoms with Gasteiger partial charge in [-0.2, -0.15) is 0 Å². The van der Waals surface area contributed by atoms with Gasteiger partial charge >= 0.3 is 6.09 Å². The Bertz CT molecular complexity index is 306. The molecule has 2 aliphatic rings. The molecule has 0 aliphatic heterocycles. The molecule has 0 aromatic rings. The van der Waals surface area contributed by atoms with E-state index in [1.807, 2.05) is 20.8 Å². The van der Waals surface area contributed by atoms with E-state index in [4.69, 9.17) is 4.74 Å². The van der Waals surface area contributed by atoms with E-state index >= 15 is 0 Å². The lowest BCUT2D eigenvalue weighted by Gasteiger charge is -2.22. The first kappa shape index (κ1) is 14.6. The summed E-state index contributed by atoms with van der Waals surface area (Å²) < 4.78 is 5.30. The number of carbonyl (C=O) groups excluding carboxylic acids is 1. The average molecular weight is 268 g/mol. The maximum absolute atomic E-state index is 11.7. The minimum Gasteiger partial charge on any atom is -0.444 e. The predicted molar refractivity (Wildman–Crippen MR) is 76.2 cm³/mol. The van der Waals surface area contributed by atoms with Crippen molar-refractivity contribution < 1.29 is 9.53 Å². The molecule has 2 aliphatic carbocycles. The standard InChI is InChI=1S/C15H28N2O2/c1-15(2,3)19-14(18)17-13-9-8-12(10-13)16-11-6-4-5-7-11/h11-13,16H,4-10H2,1-3H3,(H,17,18). The van der Waals surface area contributed by atoms with Crippen molar-refractivity contribution in [3.05, 3.63) is 0 Å². The van der Waals surface area contributed by atoms with Gasteiger partial charge in [0.25, 0.3) is 0 Å². The van der Waals surface area contributed by atoms with Gasteiger partial charge in [-0.1, -0.05) is 12.8 Å². The van der Waals surface area contributed by atoms with E-state index in [1.165, 1.54) is 25.7 Å². The lowest BCUT2D eigenvalue weighted by atomic mass is 10.2. The maximum atomic E-state index is 11.7. The number of ether oxygens (including phenoxy) is 1. The lowest BCUT2D eigenvalue weighted by Crippen LogP contribution is -2.40. The Morgan fingerprint density at radius 2 is 1.63 bits per heavy atom. The van der Waals surface area contributed by atoms with Crippen LogP contribution in [0.25, 0.3) is 0 Å². The Morgan fingerprint density at radius 1 is 1.00 bits per heavy atom. The number of hydrogen-bond acceptors (Lipinski definition) is 3. The number of nitrogens with one attached hydrogen (secondary N) is 2. The molecule has 4 heteroatoms. The summed E-state index contributed by atoms with van der Waals surface area (Å²) in [6.07, 6.45) is 8.35. The Balaban J connectivity index is 1.68. The average Bonchev–Trinajstić information content (AvgIpc) is 2.88. The third-order valence-corrected chi connectivity index (χ3v) is 3.98.